The van der Waals surface area contributed by atoms with E-state index >= 15 is 0 Å². The third kappa shape index (κ3) is 7.53. The van der Waals surface area contributed by atoms with Gasteiger partial charge >= 0.3 is 0 Å². The highest BCUT2D eigenvalue weighted by Gasteiger charge is 2.04. The molecule has 80 valence electrons. The van der Waals surface area contributed by atoms with Crippen molar-refractivity contribution in [3.63, 3.8) is 0 Å². The van der Waals surface area contributed by atoms with Gasteiger partial charge in [-0.15, -0.1) is 0 Å². The van der Waals surface area contributed by atoms with Crippen LogP contribution in [0.15, 0.2) is 0 Å². The lowest BCUT2D eigenvalue weighted by atomic mass is 10.4. The van der Waals surface area contributed by atoms with Gasteiger partial charge in [0.2, 0.25) is 5.91 Å². The Morgan fingerprint density at radius 1 is 1.64 bits per heavy atom. The normalized spacial score (nSPS) is 9.86. The van der Waals surface area contributed by atoms with Crippen molar-refractivity contribution in [2.75, 3.05) is 33.2 Å². The van der Waals surface area contributed by atoms with E-state index in [2.05, 4.69) is 5.32 Å². The third-order valence-corrected chi connectivity index (χ3v) is 1.72. The summed E-state index contributed by atoms with van der Waals surface area (Å²) >= 11 is 0. The number of likely N-dealkylation sites (N-methyl/N-ethyl adjacent to an activating group) is 1. The van der Waals surface area contributed by atoms with Crippen molar-refractivity contribution in [2.24, 2.45) is 5.73 Å². The zero-order chi connectivity index (χ0) is 10.8. The van der Waals surface area contributed by atoms with Crippen LogP contribution in [-0.4, -0.2) is 44.0 Å². The van der Waals surface area contributed by atoms with Crippen molar-refractivity contribution >= 4 is 5.91 Å². The molecule has 0 aliphatic carbocycles. The van der Waals surface area contributed by atoms with E-state index in [4.69, 9.17) is 11.0 Å². The van der Waals surface area contributed by atoms with E-state index in [0.717, 1.165) is 13.0 Å². The number of rotatable bonds is 7. The van der Waals surface area contributed by atoms with Gasteiger partial charge in [0.05, 0.1) is 19.0 Å². The lowest BCUT2D eigenvalue weighted by Crippen LogP contribution is -2.36. The van der Waals surface area contributed by atoms with Gasteiger partial charge in [-0.1, -0.05) is 0 Å². The Kier molecular flexibility index (Phi) is 7.80. The molecule has 0 saturated heterocycles. The molecule has 3 N–H and O–H groups in total. The van der Waals surface area contributed by atoms with E-state index in [1.165, 1.54) is 0 Å². The van der Waals surface area contributed by atoms with Gasteiger partial charge < -0.3 is 11.1 Å². The molecule has 0 aliphatic heterocycles. The van der Waals surface area contributed by atoms with E-state index < -0.39 is 0 Å². The maximum absolute atomic E-state index is 11.2. The summed E-state index contributed by atoms with van der Waals surface area (Å²) in [6.07, 6.45) is 1.25. The fourth-order valence-electron chi connectivity index (χ4n) is 0.999. The second kappa shape index (κ2) is 8.48. The van der Waals surface area contributed by atoms with Gasteiger partial charge in [0.1, 0.15) is 0 Å². The average Bonchev–Trinajstić information content (AvgIpc) is 2.15. The first-order chi connectivity index (χ1) is 6.70. The SMILES string of the molecule is CN(CCCN)CC(=O)NCCC#N. The van der Waals surface area contributed by atoms with Crippen LogP contribution in [0, 0.1) is 11.3 Å². The Bertz CT molecular complexity index is 199. The molecular weight excluding hydrogens is 180 g/mol. The minimum Gasteiger partial charge on any atom is -0.354 e. The summed E-state index contributed by atoms with van der Waals surface area (Å²) < 4.78 is 0. The summed E-state index contributed by atoms with van der Waals surface area (Å²) in [5, 5.41) is 10.9. The molecule has 0 rings (SSSR count). The molecule has 0 fully saturated rings. The molecule has 0 spiro atoms. The molecule has 0 bridgehead atoms. The molecule has 1 amide bonds. The van der Waals surface area contributed by atoms with Gasteiger partial charge in [-0.05, 0) is 26.6 Å². The highest BCUT2D eigenvalue weighted by molar-refractivity contribution is 5.77. The first-order valence-corrected chi connectivity index (χ1v) is 4.73. The minimum absolute atomic E-state index is 0.0419. The van der Waals surface area contributed by atoms with Crippen LogP contribution in [0.3, 0.4) is 0 Å². The molecule has 5 heteroatoms. The maximum atomic E-state index is 11.2. The van der Waals surface area contributed by atoms with Crippen molar-refractivity contribution in [1.29, 1.82) is 5.26 Å². The number of hydrogen-bond donors (Lipinski definition) is 2. The number of carbonyl (C=O) groups excluding carboxylic acids is 1. The van der Waals surface area contributed by atoms with Crippen LogP contribution in [0.25, 0.3) is 0 Å². The standard InChI is InChI=1S/C9H18N4O/c1-13(7-3-5-11)8-9(14)12-6-2-4-10/h2-3,5-8,11H2,1H3,(H,12,14). The molecular formula is C9H18N4O. The van der Waals surface area contributed by atoms with Crippen molar-refractivity contribution in [1.82, 2.24) is 10.2 Å². The average molecular weight is 198 g/mol. The number of nitrogens with zero attached hydrogens (tertiary/aromatic N) is 2. The second-order valence-corrected chi connectivity index (χ2v) is 3.14. The first kappa shape index (κ1) is 12.9. The smallest absolute Gasteiger partial charge is 0.234 e. The summed E-state index contributed by atoms with van der Waals surface area (Å²) in [5.74, 6) is -0.0419. The maximum Gasteiger partial charge on any atom is 0.234 e. The van der Waals surface area contributed by atoms with E-state index in [1.807, 2.05) is 18.0 Å². The van der Waals surface area contributed by atoms with E-state index in [0.29, 0.717) is 26.1 Å². The summed E-state index contributed by atoms with van der Waals surface area (Å²) in [4.78, 5) is 13.1. The Morgan fingerprint density at radius 3 is 2.93 bits per heavy atom. The van der Waals surface area contributed by atoms with Crippen LogP contribution >= 0.6 is 0 Å². The van der Waals surface area contributed by atoms with Crippen molar-refractivity contribution in [2.45, 2.75) is 12.8 Å². The monoisotopic (exact) mass is 198 g/mol. The lowest BCUT2D eigenvalue weighted by Gasteiger charge is -2.14. The number of nitrogens with two attached hydrogens (primary N) is 1. The van der Waals surface area contributed by atoms with Crippen molar-refractivity contribution in [3.8, 4) is 6.07 Å². The van der Waals surface area contributed by atoms with E-state index in [9.17, 15) is 4.79 Å². The van der Waals surface area contributed by atoms with Crippen LogP contribution in [-0.2, 0) is 4.79 Å². The predicted octanol–water partition coefficient (Wildman–Crippen LogP) is -0.703. The lowest BCUT2D eigenvalue weighted by molar-refractivity contribution is -0.121. The van der Waals surface area contributed by atoms with Gasteiger partial charge in [-0.2, -0.15) is 5.26 Å². The van der Waals surface area contributed by atoms with Gasteiger partial charge in [0.25, 0.3) is 0 Å². The summed E-state index contributed by atoms with van der Waals surface area (Å²) in [7, 11) is 1.87. The molecule has 5 nitrogen and oxygen atoms in total. The molecule has 0 aromatic rings. The summed E-state index contributed by atoms with van der Waals surface area (Å²) in [6, 6.07) is 1.97. The second-order valence-electron chi connectivity index (χ2n) is 3.14. The Morgan fingerprint density at radius 2 is 2.36 bits per heavy atom. The zero-order valence-corrected chi connectivity index (χ0v) is 8.62. The van der Waals surface area contributed by atoms with Crippen molar-refractivity contribution < 1.29 is 4.79 Å². The van der Waals surface area contributed by atoms with E-state index in [1.54, 1.807) is 0 Å². The van der Waals surface area contributed by atoms with Crippen LogP contribution in [0.4, 0.5) is 0 Å². The fourth-order valence-corrected chi connectivity index (χ4v) is 0.999. The van der Waals surface area contributed by atoms with E-state index in [-0.39, 0.29) is 5.91 Å². The fraction of sp³-hybridized carbons (Fsp3) is 0.778. The zero-order valence-electron chi connectivity index (χ0n) is 8.62. The Hall–Kier alpha value is -1.12. The van der Waals surface area contributed by atoms with Crippen LogP contribution in [0.1, 0.15) is 12.8 Å². The predicted molar refractivity (Wildman–Crippen MR) is 54.4 cm³/mol. The third-order valence-electron chi connectivity index (χ3n) is 1.72. The number of nitrogens with one attached hydrogen (secondary N) is 1. The first-order valence-electron chi connectivity index (χ1n) is 4.73. The number of carbonyl (C=O) groups is 1. The minimum atomic E-state index is -0.0419. The number of amides is 1. The Balaban J connectivity index is 3.46. The molecule has 0 aromatic carbocycles. The molecule has 0 radical (unpaired) electrons. The van der Waals surface area contributed by atoms with Crippen LogP contribution in [0.5, 0.6) is 0 Å². The Labute approximate surface area is 84.9 Å². The summed E-state index contributed by atoms with van der Waals surface area (Å²) in [6.45, 7) is 2.26. The highest BCUT2D eigenvalue weighted by atomic mass is 16.1. The molecule has 0 aliphatic rings. The van der Waals surface area contributed by atoms with Crippen LogP contribution in [0.2, 0.25) is 0 Å². The largest absolute Gasteiger partial charge is 0.354 e. The highest BCUT2D eigenvalue weighted by Crippen LogP contribution is 1.85. The van der Waals surface area contributed by atoms with Crippen LogP contribution < -0.4 is 11.1 Å². The van der Waals surface area contributed by atoms with Gasteiger partial charge in [0, 0.05) is 6.54 Å². The topological polar surface area (TPSA) is 82.2 Å². The molecule has 14 heavy (non-hydrogen) atoms. The molecule has 0 atom stereocenters. The molecule has 0 heterocycles. The summed E-state index contributed by atoms with van der Waals surface area (Å²) in [5.41, 5.74) is 5.34. The van der Waals surface area contributed by atoms with Gasteiger partial charge in [-0.25, -0.2) is 0 Å². The van der Waals surface area contributed by atoms with Crippen molar-refractivity contribution in [3.05, 3.63) is 0 Å². The number of nitriles is 1. The molecule has 0 aromatic heterocycles. The number of hydrogen-bond acceptors (Lipinski definition) is 4. The molecule has 0 saturated carbocycles. The molecule has 0 unspecified atom stereocenters. The van der Waals surface area contributed by atoms with Gasteiger partial charge in [0.15, 0.2) is 0 Å². The van der Waals surface area contributed by atoms with Gasteiger partial charge in [-0.3, -0.25) is 9.69 Å². The quantitative estimate of drug-likeness (QED) is 0.530.